The van der Waals surface area contributed by atoms with Crippen molar-refractivity contribution in [1.29, 1.82) is 0 Å². The smallest absolute Gasteiger partial charge is 0.244 e. The second kappa shape index (κ2) is 10.6. The van der Waals surface area contributed by atoms with Crippen LogP contribution in [0.1, 0.15) is 28.9 Å². The summed E-state index contributed by atoms with van der Waals surface area (Å²) < 4.78 is 8.12. The summed E-state index contributed by atoms with van der Waals surface area (Å²) in [6.07, 6.45) is 4.20. The number of ether oxygens (including phenoxy) is 1. The van der Waals surface area contributed by atoms with Gasteiger partial charge in [0.05, 0.1) is 24.2 Å². The zero-order valence-corrected chi connectivity index (χ0v) is 19.1. The standard InChI is InChI=1S/C28H29N3O2/c1-21-13-15-24(19-22(21)2)33-18-8-17-31-26-12-7-6-11-25(26)30-27(31)20-29-28(32)16-14-23-9-4-3-5-10-23/h3-7,9-16,19H,8,17-18,20H2,1-2H3,(H,29,32)/b16-14-. The lowest BCUT2D eigenvalue weighted by atomic mass is 10.1. The largest absolute Gasteiger partial charge is 0.494 e. The highest BCUT2D eigenvalue weighted by Crippen LogP contribution is 2.19. The molecule has 4 rings (SSSR count). The third-order valence-electron chi connectivity index (χ3n) is 5.65. The minimum absolute atomic E-state index is 0.143. The van der Waals surface area contributed by atoms with Crippen molar-refractivity contribution >= 4 is 23.0 Å². The number of benzene rings is 3. The normalized spacial score (nSPS) is 11.2. The number of aryl methyl sites for hydroxylation is 3. The summed E-state index contributed by atoms with van der Waals surface area (Å²) >= 11 is 0. The topological polar surface area (TPSA) is 56.1 Å². The number of hydrogen-bond donors (Lipinski definition) is 1. The van der Waals surface area contributed by atoms with Crippen LogP contribution in [0, 0.1) is 13.8 Å². The molecule has 0 radical (unpaired) electrons. The third kappa shape index (κ3) is 5.89. The van der Waals surface area contributed by atoms with Crippen molar-refractivity contribution in [3.63, 3.8) is 0 Å². The molecular formula is C28H29N3O2. The van der Waals surface area contributed by atoms with Crippen LogP contribution in [0.2, 0.25) is 0 Å². The molecule has 33 heavy (non-hydrogen) atoms. The number of nitrogens with one attached hydrogen (secondary N) is 1. The monoisotopic (exact) mass is 439 g/mol. The van der Waals surface area contributed by atoms with Gasteiger partial charge in [-0.15, -0.1) is 0 Å². The fraction of sp³-hybridized carbons (Fsp3) is 0.214. The molecule has 1 aromatic heterocycles. The first-order valence-electron chi connectivity index (χ1n) is 11.3. The Bertz CT molecular complexity index is 1260. The van der Waals surface area contributed by atoms with Crippen LogP contribution >= 0.6 is 0 Å². The lowest BCUT2D eigenvalue weighted by Gasteiger charge is -2.11. The average molecular weight is 440 g/mol. The molecule has 1 heterocycles. The quantitative estimate of drug-likeness (QED) is 0.279. The molecule has 0 aliphatic carbocycles. The predicted octanol–water partition coefficient (Wildman–Crippen LogP) is 5.45. The Labute approximate surface area is 194 Å². The second-order valence-electron chi connectivity index (χ2n) is 8.08. The molecule has 0 atom stereocenters. The molecule has 0 bridgehead atoms. The summed E-state index contributed by atoms with van der Waals surface area (Å²) in [4.78, 5) is 17.1. The van der Waals surface area contributed by atoms with E-state index in [0.717, 1.165) is 41.1 Å². The van der Waals surface area contributed by atoms with E-state index in [1.807, 2.05) is 60.7 Å². The molecule has 0 unspecified atom stereocenters. The summed E-state index contributed by atoms with van der Waals surface area (Å²) in [5, 5.41) is 2.96. The van der Waals surface area contributed by atoms with Gasteiger partial charge in [0, 0.05) is 12.6 Å². The number of aromatic nitrogens is 2. The number of amides is 1. The number of hydrogen-bond acceptors (Lipinski definition) is 3. The van der Waals surface area contributed by atoms with Gasteiger partial charge in [0.15, 0.2) is 0 Å². The van der Waals surface area contributed by atoms with Crippen molar-refractivity contribution in [2.75, 3.05) is 6.61 Å². The highest BCUT2D eigenvalue weighted by atomic mass is 16.5. The van der Waals surface area contributed by atoms with Crippen LogP contribution in [0.5, 0.6) is 5.75 Å². The van der Waals surface area contributed by atoms with E-state index in [9.17, 15) is 4.79 Å². The van der Waals surface area contributed by atoms with Crippen LogP contribution in [0.3, 0.4) is 0 Å². The molecule has 0 aliphatic heterocycles. The van der Waals surface area contributed by atoms with Gasteiger partial charge in [-0.25, -0.2) is 4.98 Å². The Morgan fingerprint density at radius 3 is 2.61 bits per heavy atom. The fourth-order valence-electron chi connectivity index (χ4n) is 3.69. The van der Waals surface area contributed by atoms with Gasteiger partial charge in [0.1, 0.15) is 11.6 Å². The second-order valence-corrected chi connectivity index (χ2v) is 8.08. The third-order valence-corrected chi connectivity index (χ3v) is 5.65. The zero-order chi connectivity index (χ0) is 23.0. The molecule has 5 nitrogen and oxygen atoms in total. The number of rotatable bonds is 9. The number of fused-ring (bicyclic) bond motifs is 1. The van der Waals surface area contributed by atoms with Crippen LogP contribution in [0.4, 0.5) is 0 Å². The van der Waals surface area contributed by atoms with Crippen LogP contribution < -0.4 is 10.1 Å². The Morgan fingerprint density at radius 2 is 1.79 bits per heavy atom. The zero-order valence-electron chi connectivity index (χ0n) is 19.1. The van der Waals surface area contributed by atoms with Crippen LogP contribution in [-0.4, -0.2) is 22.1 Å². The average Bonchev–Trinajstić information content (AvgIpc) is 3.19. The number of para-hydroxylation sites is 2. The molecule has 168 valence electrons. The SMILES string of the molecule is Cc1ccc(OCCCn2c(CNC(=O)/C=C\c3ccccc3)nc3ccccc32)cc1C. The van der Waals surface area contributed by atoms with Gasteiger partial charge < -0.3 is 14.6 Å². The van der Waals surface area contributed by atoms with Crippen LogP contribution in [-0.2, 0) is 17.9 Å². The van der Waals surface area contributed by atoms with Crippen molar-refractivity contribution in [3.05, 3.63) is 101 Å². The molecule has 0 saturated carbocycles. The highest BCUT2D eigenvalue weighted by Gasteiger charge is 2.11. The Kier molecular flexibility index (Phi) is 7.20. The lowest BCUT2D eigenvalue weighted by Crippen LogP contribution is -2.23. The van der Waals surface area contributed by atoms with E-state index >= 15 is 0 Å². The van der Waals surface area contributed by atoms with Crippen molar-refractivity contribution in [2.24, 2.45) is 0 Å². The molecule has 0 fully saturated rings. The summed E-state index contributed by atoms with van der Waals surface area (Å²) in [6, 6.07) is 24.0. The molecule has 5 heteroatoms. The molecule has 4 aromatic rings. The van der Waals surface area contributed by atoms with E-state index < -0.39 is 0 Å². The van der Waals surface area contributed by atoms with Crippen molar-refractivity contribution in [1.82, 2.24) is 14.9 Å². The summed E-state index contributed by atoms with van der Waals surface area (Å²) in [7, 11) is 0. The summed E-state index contributed by atoms with van der Waals surface area (Å²) in [5.41, 5.74) is 5.47. The maximum atomic E-state index is 12.3. The maximum absolute atomic E-state index is 12.3. The van der Waals surface area contributed by atoms with Gasteiger partial charge in [-0.05, 0) is 67.3 Å². The Morgan fingerprint density at radius 1 is 1.00 bits per heavy atom. The predicted molar refractivity (Wildman–Crippen MR) is 133 cm³/mol. The minimum Gasteiger partial charge on any atom is -0.494 e. The van der Waals surface area contributed by atoms with Gasteiger partial charge in [0.2, 0.25) is 5.91 Å². The van der Waals surface area contributed by atoms with Gasteiger partial charge in [-0.2, -0.15) is 0 Å². The van der Waals surface area contributed by atoms with Gasteiger partial charge in [-0.1, -0.05) is 48.5 Å². The first kappa shape index (κ1) is 22.3. The van der Waals surface area contributed by atoms with E-state index in [4.69, 9.17) is 9.72 Å². The van der Waals surface area contributed by atoms with Gasteiger partial charge >= 0.3 is 0 Å². The molecule has 1 N–H and O–H groups in total. The van der Waals surface area contributed by atoms with E-state index in [0.29, 0.717) is 13.2 Å². The number of imidazole rings is 1. The van der Waals surface area contributed by atoms with E-state index in [-0.39, 0.29) is 5.91 Å². The first-order chi connectivity index (χ1) is 16.1. The molecule has 3 aromatic carbocycles. The molecule has 0 saturated heterocycles. The number of carbonyl (C=O) groups is 1. The highest BCUT2D eigenvalue weighted by molar-refractivity contribution is 5.91. The van der Waals surface area contributed by atoms with Crippen LogP contribution in [0.15, 0.2) is 78.9 Å². The van der Waals surface area contributed by atoms with E-state index in [2.05, 4.69) is 41.9 Å². The van der Waals surface area contributed by atoms with Crippen molar-refractivity contribution in [3.8, 4) is 5.75 Å². The Balaban J connectivity index is 1.38. The Hall–Kier alpha value is -3.86. The molecule has 0 aliphatic rings. The first-order valence-corrected chi connectivity index (χ1v) is 11.3. The fourth-order valence-corrected chi connectivity index (χ4v) is 3.69. The molecule has 0 spiro atoms. The van der Waals surface area contributed by atoms with Gasteiger partial charge in [0.25, 0.3) is 0 Å². The number of carbonyl (C=O) groups excluding carboxylic acids is 1. The van der Waals surface area contributed by atoms with E-state index in [1.165, 1.54) is 11.1 Å². The lowest BCUT2D eigenvalue weighted by molar-refractivity contribution is -0.116. The summed E-state index contributed by atoms with van der Waals surface area (Å²) in [6.45, 7) is 5.93. The van der Waals surface area contributed by atoms with Gasteiger partial charge in [-0.3, -0.25) is 4.79 Å². The van der Waals surface area contributed by atoms with E-state index in [1.54, 1.807) is 6.08 Å². The molecule has 1 amide bonds. The molecular weight excluding hydrogens is 410 g/mol. The number of nitrogens with zero attached hydrogens (tertiary/aromatic N) is 2. The van der Waals surface area contributed by atoms with Crippen LogP contribution in [0.25, 0.3) is 17.1 Å². The summed E-state index contributed by atoms with van der Waals surface area (Å²) in [5.74, 6) is 1.59. The van der Waals surface area contributed by atoms with Crippen molar-refractivity contribution < 1.29 is 9.53 Å². The minimum atomic E-state index is -0.143. The maximum Gasteiger partial charge on any atom is 0.244 e. The van der Waals surface area contributed by atoms with Crippen molar-refractivity contribution in [2.45, 2.75) is 33.4 Å².